The Kier molecular flexibility index (Phi) is 3.34. The van der Waals surface area contributed by atoms with Gasteiger partial charge in [-0.05, 0) is 47.2 Å². The number of rotatable bonds is 2. The highest BCUT2D eigenvalue weighted by molar-refractivity contribution is 14.1. The number of hydrogen-bond acceptors (Lipinski definition) is 2. The van der Waals surface area contributed by atoms with Crippen LogP contribution in [-0.2, 0) is 0 Å². The number of hydrogen-bond donors (Lipinski definition) is 1. The largest absolute Gasteiger partial charge is 0.496 e. The molecule has 2 N–H and O–H groups in total. The van der Waals surface area contributed by atoms with Gasteiger partial charge in [0.1, 0.15) is 5.75 Å². The number of nitrogens with two attached hydrogens (primary N) is 1. The summed E-state index contributed by atoms with van der Waals surface area (Å²) in [7, 11) is 1.67. The van der Waals surface area contributed by atoms with Gasteiger partial charge in [-0.1, -0.05) is 6.07 Å². The molecule has 0 aliphatic rings. The summed E-state index contributed by atoms with van der Waals surface area (Å²) < 4.78 is 6.23. The van der Waals surface area contributed by atoms with E-state index in [1.165, 1.54) is 0 Å². The molecule has 1 unspecified atom stereocenters. The molecule has 3 heteroatoms. The van der Waals surface area contributed by atoms with Gasteiger partial charge in [0.25, 0.3) is 0 Å². The van der Waals surface area contributed by atoms with Crippen molar-refractivity contribution in [3.8, 4) is 5.75 Å². The predicted octanol–water partition coefficient (Wildman–Crippen LogP) is 2.32. The van der Waals surface area contributed by atoms with Gasteiger partial charge in [0.05, 0.1) is 10.7 Å². The van der Waals surface area contributed by atoms with Gasteiger partial charge in [0.15, 0.2) is 0 Å². The fourth-order valence-electron chi connectivity index (χ4n) is 0.966. The van der Waals surface area contributed by atoms with E-state index < -0.39 is 0 Å². The van der Waals surface area contributed by atoms with Crippen molar-refractivity contribution in [1.82, 2.24) is 0 Å². The lowest BCUT2D eigenvalue weighted by molar-refractivity contribution is 0.411. The Morgan fingerprint density at radius 3 is 2.58 bits per heavy atom. The molecule has 1 atom stereocenters. The second-order valence-electron chi connectivity index (χ2n) is 2.68. The Morgan fingerprint density at radius 1 is 1.50 bits per heavy atom. The van der Waals surface area contributed by atoms with E-state index in [0.717, 1.165) is 14.9 Å². The molecule has 0 heterocycles. The zero-order valence-corrected chi connectivity index (χ0v) is 9.33. The van der Waals surface area contributed by atoms with Gasteiger partial charge in [-0.15, -0.1) is 0 Å². The molecule has 0 aromatic heterocycles. The summed E-state index contributed by atoms with van der Waals surface area (Å²) in [6.45, 7) is 1.97. The third-order valence-corrected chi connectivity index (χ3v) is 2.54. The van der Waals surface area contributed by atoms with E-state index in [0.29, 0.717) is 0 Å². The van der Waals surface area contributed by atoms with E-state index in [4.69, 9.17) is 10.5 Å². The summed E-state index contributed by atoms with van der Waals surface area (Å²) in [6, 6.07) is 6.07. The SMILES string of the molecule is COc1ccc(C(C)N)cc1I. The summed E-state index contributed by atoms with van der Waals surface area (Å²) in [5.41, 5.74) is 6.87. The normalized spacial score (nSPS) is 12.7. The maximum atomic E-state index is 5.73. The van der Waals surface area contributed by atoms with Crippen LogP contribution < -0.4 is 10.5 Å². The van der Waals surface area contributed by atoms with Crippen molar-refractivity contribution in [3.63, 3.8) is 0 Å². The molecule has 0 amide bonds. The lowest BCUT2D eigenvalue weighted by Gasteiger charge is -2.08. The predicted molar refractivity (Wildman–Crippen MR) is 58.3 cm³/mol. The molecule has 0 saturated heterocycles. The summed E-state index contributed by atoms with van der Waals surface area (Å²) in [5.74, 6) is 0.903. The van der Waals surface area contributed by atoms with E-state index in [1.807, 2.05) is 25.1 Å². The van der Waals surface area contributed by atoms with Gasteiger partial charge >= 0.3 is 0 Å². The summed E-state index contributed by atoms with van der Waals surface area (Å²) in [4.78, 5) is 0. The van der Waals surface area contributed by atoms with Crippen LogP contribution in [0.25, 0.3) is 0 Å². The molecular formula is C9H12INO. The van der Waals surface area contributed by atoms with Gasteiger partial charge in [0, 0.05) is 6.04 Å². The molecular weight excluding hydrogens is 265 g/mol. The molecule has 0 spiro atoms. The van der Waals surface area contributed by atoms with E-state index in [1.54, 1.807) is 7.11 Å². The van der Waals surface area contributed by atoms with Crippen molar-refractivity contribution in [1.29, 1.82) is 0 Å². The number of halogens is 1. The standard InChI is InChI=1S/C9H12INO/c1-6(11)7-3-4-9(12-2)8(10)5-7/h3-6H,11H2,1-2H3. The van der Waals surface area contributed by atoms with E-state index in [-0.39, 0.29) is 6.04 Å². The van der Waals surface area contributed by atoms with Crippen LogP contribution in [0.4, 0.5) is 0 Å². The van der Waals surface area contributed by atoms with Crippen molar-refractivity contribution < 1.29 is 4.74 Å². The van der Waals surface area contributed by atoms with E-state index in [9.17, 15) is 0 Å². The van der Waals surface area contributed by atoms with Crippen LogP contribution >= 0.6 is 22.6 Å². The lowest BCUT2D eigenvalue weighted by atomic mass is 10.1. The van der Waals surface area contributed by atoms with Gasteiger partial charge in [-0.2, -0.15) is 0 Å². The van der Waals surface area contributed by atoms with Crippen molar-refractivity contribution in [2.75, 3.05) is 7.11 Å². The summed E-state index contributed by atoms with van der Waals surface area (Å²) in [5, 5.41) is 0. The fraction of sp³-hybridized carbons (Fsp3) is 0.333. The molecule has 0 radical (unpaired) electrons. The lowest BCUT2D eigenvalue weighted by Crippen LogP contribution is -2.05. The van der Waals surface area contributed by atoms with Gasteiger partial charge in [-0.25, -0.2) is 0 Å². The number of benzene rings is 1. The highest BCUT2D eigenvalue weighted by Gasteiger charge is 2.03. The maximum Gasteiger partial charge on any atom is 0.132 e. The van der Waals surface area contributed by atoms with Crippen LogP contribution in [0.3, 0.4) is 0 Å². The molecule has 0 aliphatic carbocycles. The van der Waals surface area contributed by atoms with E-state index in [2.05, 4.69) is 22.6 Å². The molecule has 0 aliphatic heterocycles. The minimum atomic E-state index is 0.0874. The Morgan fingerprint density at radius 2 is 2.17 bits per heavy atom. The molecule has 0 fully saturated rings. The first kappa shape index (κ1) is 9.80. The molecule has 0 saturated carbocycles. The van der Waals surface area contributed by atoms with Crippen LogP contribution in [0, 0.1) is 3.57 Å². The Labute approximate surface area is 86.2 Å². The second-order valence-corrected chi connectivity index (χ2v) is 3.84. The van der Waals surface area contributed by atoms with Crippen molar-refractivity contribution in [3.05, 3.63) is 27.3 Å². The zero-order chi connectivity index (χ0) is 9.14. The Hall–Kier alpha value is -0.290. The number of ether oxygens (including phenoxy) is 1. The third kappa shape index (κ3) is 2.10. The smallest absolute Gasteiger partial charge is 0.132 e. The molecule has 66 valence electrons. The molecule has 1 rings (SSSR count). The summed E-state index contributed by atoms with van der Waals surface area (Å²) >= 11 is 2.24. The average Bonchev–Trinajstić information content (AvgIpc) is 2.04. The van der Waals surface area contributed by atoms with Crippen LogP contribution in [0.5, 0.6) is 5.75 Å². The topological polar surface area (TPSA) is 35.2 Å². The average molecular weight is 277 g/mol. The number of methoxy groups -OCH3 is 1. The minimum Gasteiger partial charge on any atom is -0.496 e. The first-order valence-electron chi connectivity index (χ1n) is 3.74. The maximum absolute atomic E-state index is 5.73. The third-order valence-electron chi connectivity index (χ3n) is 1.70. The van der Waals surface area contributed by atoms with Gasteiger partial charge in [-0.3, -0.25) is 0 Å². The first-order valence-corrected chi connectivity index (χ1v) is 4.82. The van der Waals surface area contributed by atoms with Crippen LogP contribution in [0.2, 0.25) is 0 Å². The summed E-state index contributed by atoms with van der Waals surface area (Å²) in [6.07, 6.45) is 0. The zero-order valence-electron chi connectivity index (χ0n) is 7.17. The van der Waals surface area contributed by atoms with Crippen LogP contribution in [0.1, 0.15) is 18.5 Å². The highest BCUT2D eigenvalue weighted by Crippen LogP contribution is 2.23. The van der Waals surface area contributed by atoms with Crippen molar-refractivity contribution >= 4 is 22.6 Å². The second kappa shape index (κ2) is 4.09. The quantitative estimate of drug-likeness (QED) is 0.842. The Bertz CT molecular complexity index is 273. The highest BCUT2D eigenvalue weighted by atomic mass is 127. The van der Waals surface area contributed by atoms with Crippen molar-refractivity contribution in [2.45, 2.75) is 13.0 Å². The first-order chi connectivity index (χ1) is 5.65. The molecule has 12 heavy (non-hydrogen) atoms. The molecule has 2 nitrogen and oxygen atoms in total. The monoisotopic (exact) mass is 277 g/mol. The molecule has 0 bridgehead atoms. The van der Waals surface area contributed by atoms with Gasteiger partial charge in [0.2, 0.25) is 0 Å². The fourth-order valence-corrected chi connectivity index (χ4v) is 1.73. The molecule has 1 aromatic rings. The van der Waals surface area contributed by atoms with Gasteiger partial charge < -0.3 is 10.5 Å². The Balaban J connectivity index is 3.02. The van der Waals surface area contributed by atoms with Crippen LogP contribution in [0.15, 0.2) is 18.2 Å². The van der Waals surface area contributed by atoms with Crippen LogP contribution in [-0.4, -0.2) is 7.11 Å². The van der Waals surface area contributed by atoms with E-state index >= 15 is 0 Å². The minimum absolute atomic E-state index is 0.0874. The molecule has 1 aromatic carbocycles. The van der Waals surface area contributed by atoms with Crippen molar-refractivity contribution in [2.24, 2.45) is 5.73 Å².